The van der Waals surface area contributed by atoms with E-state index in [1.54, 1.807) is 18.7 Å². The van der Waals surface area contributed by atoms with Crippen LogP contribution in [0.15, 0.2) is 35.2 Å². The first-order valence-electron chi connectivity index (χ1n) is 7.81. The van der Waals surface area contributed by atoms with Crippen LogP contribution in [0.25, 0.3) is 0 Å². The van der Waals surface area contributed by atoms with Crippen LogP contribution in [0, 0.1) is 5.92 Å². The number of likely N-dealkylation sites (tertiary alicyclic amines) is 1. The summed E-state index contributed by atoms with van der Waals surface area (Å²) in [5, 5.41) is 3.39. The SMILES string of the molecule is CC(=O)N1CCC(C(=O)NCC(C)Sc2ccccc2)CC1. The van der Waals surface area contributed by atoms with Gasteiger partial charge in [0.1, 0.15) is 0 Å². The molecule has 0 aromatic heterocycles. The Balaban J connectivity index is 1.70. The third-order valence-electron chi connectivity index (χ3n) is 3.96. The third kappa shape index (κ3) is 5.05. The van der Waals surface area contributed by atoms with Crippen molar-refractivity contribution in [1.82, 2.24) is 10.2 Å². The van der Waals surface area contributed by atoms with E-state index in [2.05, 4.69) is 24.4 Å². The van der Waals surface area contributed by atoms with Gasteiger partial charge in [0.05, 0.1) is 0 Å². The van der Waals surface area contributed by atoms with E-state index in [0.29, 0.717) is 24.9 Å². The summed E-state index contributed by atoms with van der Waals surface area (Å²) in [6, 6.07) is 10.2. The maximum Gasteiger partial charge on any atom is 0.223 e. The molecule has 1 unspecified atom stereocenters. The molecule has 0 spiro atoms. The highest BCUT2D eigenvalue weighted by Gasteiger charge is 2.25. The smallest absolute Gasteiger partial charge is 0.223 e. The summed E-state index contributed by atoms with van der Waals surface area (Å²) in [5.41, 5.74) is 0. The van der Waals surface area contributed by atoms with E-state index in [1.807, 2.05) is 23.1 Å². The minimum absolute atomic E-state index is 0.0459. The molecule has 1 fully saturated rings. The Morgan fingerprint density at radius 3 is 2.50 bits per heavy atom. The van der Waals surface area contributed by atoms with Gasteiger partial charge in [-0.3, -0.25) is 9.59 Å². The molecule has 0 bridgehead atoms. The van der Waals surface area contributed by atoms with E-state index in [4.69, 9.17) is 0 Å². The highest BCUT2D eigenvalue weighted by molar-refractivity contribution is 8.00. The average Bonchev–Trinajstić information content (AvgIpc) is 2.53. The number of hydrogen-bond donors (Lipinski definition) is 1. The van der Waals surface area contributed by atoms with Crippen LogP contribution in [-0.4, -0.2) is 41.6 Å². The number of rotatable bonds is 5. The number of amides is 2. The minimum Gasteiger partial charge on any atom is -0.355 e. The molecule has 22 heavy (non-hydrogen) atoms. The van der Waals surface area contributed by atoms with Gasteiger partial charge in [0.15, 0.2) is 0 Å². The maximum absolute atomic E-state index is 12.2. The second kappa shape index (κ2) is 8.22. The Bertz CT molecular complexity index is 499. The van der Waals surface area contributed by atoms with E-state index in [0.717, 1.165) is 12.8 Å². The zero-order valence-corrected chi connectivity index (χ0v) is 14.1. The monoisotopic (exact) mass is 320 g/mol. The van der Waals surface area contributed by atoms with Gasteiger partial charge in [-0.15, -0.1) is 11.8 Å². The first-order valence-corrected chi connectivity index (χ1v) is 8.69. The van der Waals surface area contributed by atoms with E-state index < -0.39 is 0 Å². The summed E-state index contributed by atoms with van der Waals surface area (Å²) in [4.78, 5) is 26.5. The molecule has 1 saturated heterocycles. The van der Waals surface area contributed by atoms with Crippen molar-refractivity contribution in [1.29, 1.82) is 0 Å². The fraction of sp³-hybridized carbons (Fsp3) is 0.529. The highest BCUT2D eigenvalue weighted by atomic mass is 32.2. The molecular weight excluding hydrogens is 296 g/mol. The molecule has 1 heterocycles. The standard InChI is InChI=1S/C17H24N2O2S/c1-13(22-16-6-4-3-5-7-16)12-18-17(21)15-8-10-19(11-9-15)14(2)20/h3-7,13,15H,8-12H2,1-2H3,(H,18,21). The molecule has 1 aromatic carbocycles. The van der Waals surface area contributed by atoms with E-state index in [9.17, 15) is 9.59 Å². The summed E-state index contributed by atoms with van der Waals surface area (Å²) in [7, 11) is 0. The predicted molar refractivity (Wildman–Crippen MR) is 89.7 cm³/mol. The van der Waals surface area contributed by atoms with Crippen LogP contribution >= 0.6 is 11.8 Å². The van der Waals surface area contributed by atoms with Crippen LogP contribution in [0.2, 0.25) is 0 Å². The Labute approximate surface area is 136 Å². The number of piperidine rings is 1. The fourth-order valence-corrected chi connectivity index (χ4v) is 3.56. The van der Waals surface area contributed by atoms with Gasteiger partial charge in [0.2, 0.25) is 11.8 Å². The molecule has 2 rings (SSSR count). The topological polar surface area (TPSA) is 49.4 Å². The van der Waals surface area contributed by atoms with E-state index in [1.165, 1.54) is 4.90 Å². The zero-order chi connectivity index (χ0) is 15.9. The van der Waals surface area contributed by atoms with Gasteiger partial charge in [-0.25, -0.2) is 0 Å². The molecular formula is C17H24N2O2S. The third-order valence-corrected chi connectivity index (χ3v) is 5.07. The Hall–Kier alpha value is -1.49. The van der Waals surface area contributed by atoms with Crippen LogP contribution in [0.5, 0.6) is 0 Å². The van der Waals surface area contributed by atoms with Crippen molar-refractivity contribution < 1.29 is 9.59 Å². The van der Waals surface area contributed by atoms with Gasteiger partial charge in [-0.1, -0.05) is 25.1 Å². The van der Waals surface area contributed by atoms with Gasteiger partial charge in [0.25, 0.3) is 0 Å². The molecule has 0 aliphatic carbocycles. The molecule has 5 heteroatoms. The maximum atomic E-state index is 12.2. The molecule has 1 atom stereocenters. The molecule has 1 N–H and O–H groups in total. The predicted octanol–water partition coefficient (Wildman–Crippen LogP) is 2.54. The van der Waals surface area contributed by atoms with Crippen molar-refractivity contribution >= 4 is 23.6 Å². The lowest BCUT2D eigenvalue weighted by molar-refractivity contribution is -0.133. The van der Waals surface area contributed by atoms with Crippen LogP contribution < -0.4 is 5.32 Å². The molecule has 120 valence electrons. The van der Waals surface area contributed by atoms with Crippen LogP contribution in [0.1, 0.15) is 26.7 Å². The first-order chi connectivity index (χ1) is 10.6. The fourth-order valence-electron chi connectivity index (χ4n) is 2.62. The van der Waals surface area contributed by atoms with Gasteiger partial charge in [0, 0.05) is 42.6 Å². The zero-order valence-electron chi connectivity index (χ0n) is 13.2. The molecule has 4 nitrogen and oxygen atoms in total. The van der Waals surface area contributed by atoms with Crippen molar-refractivity contribution in [2.45, 2.75) is 36.8 Å². The summed E-state index contributed by atoms with van der Waals surface area (Å²) in [5.74, 6) is 0.278. The Kier molecular flexibility index (Phi) is 6.31. The molecule has 2 amide bonds. The minimum atomic E-state index is 0.0459. The molecule has 0 saturated carbocycles. The number of thioether (sulfide) groups is 1. The van der Waals surface area contributed by atoms with Crippen LogP contribution in [-0.2, 0) is 9.59 Å². The highest BCUT2D eigenvalue weighted by Crippen LogP contribution is 2.22. The number of nitrogens with zero attached hydrogens (tertiary/aromatic N) is 1. The quantitative estimate of drug-likeness (QED) is 0.848. The van der Waals surface area contributed by atoms with Gasteiger partial charge < -0.3 is 10.2 Å². The van der Waals surface area contributed by atoms with Crippen LogP contribution in [0.4, 0.5) is 0 Å². The van der Waals surface area contributed by atoms with Crippen molar-refractivity contribution in [3.63, 3.8) is 0 Å². The normalized spacial score (nSPS) is 17.1. The summed E-state index contributed by atoms with van der Waals surface area (Å²) in [6.45, 7) is 5.77. The number of carbonyl (C=O) groups excluding carboxylic acids is 2. The van der Waals surface area contributed by atoms with E-state index in [-0.39, 0.29) is 17.7 Å². The van der Waals surface area contributed by atoms with Crippen molar-refractivity contribution in [2.75, 3.05) is 19.6 Å². The molecule has 1 aromatic rings. The number of nitrogens with one attached hydrogen (secondary N) is 1. The Morgan fingerprint density at radius 1 is 1.27 bits per heavy atom. The second-order valence-electron chi connectivity index (χ2n) is 5.77. The molecule has 0 radical (unpaired) electrons. The summed E-state index contributed by atoms with van der Waals surface area (Å²) in [6.07, 6.45) is 1.54. The molecule has 1 aliphatic rings. The summed E-state index contributed by atoms with van der Waals surface area (Å²) < 4.78 is 0. The van der Waals surface area contributed by atoms with Gasteiger partial charge in [-0.05, 0) is 25.0 Å². The van der Waals surface area contributed by atoms with Crippen LogP contribution in [0.3, 0.4) is 0 Å². The van der Waals surface area contributed by atoms with E-state index >= 15 is 0 Å². The summed E-state index contributed by atoms with van der Waals surface area (Å²) >= 11 is 1.77. The van der Waals surface area contributed by atoms with Crippen molar-refractivity contribution in [3.05, 3.63) is 30.3 Å². The van der Waals surface area contributed by atoms with Gasteiger partial charge in [-0.2, -0.15) is 0 Å². The Morgan fingerprint density at radius 2 is 1.91 bits per heavy atom. The lowest BCUT2D eigenvalue weighted by Gasteiger charge is -2.30. The molecule has 1 aliphatic heterocycles. The number of carbonyl (C=O) groups is 2. The van der Waals surface area contributed by atoms with Gasteiger partial charge >= 0.3 is 0 Å². The van der Waals surface area contributed by atoms with Crippen molar-refractivity contribution in [2.24, 2.45) is 5.92 Å². The number of hydrogen-bond acceptors (Lipinski definition) is 3. The largest absolute Gasteiger partial charge is 0.355 e. The lowest BCUT2D eigenvalue weighted by Crippen LogP contribution is -2.43. The lowest BCUT2D eigenvalue weighted by atomic mass is 9.96. The first kappa shape index (κ1) is 16.9. The number of benzene rings is 1. The second-order valence-corrected chi connectivity index (χ2v) is 7.28. The van der Waals surface area contributed by atoms with Crippen molar-refractivity contribution in [3.8, 4) is 0 Å². The average molecular weight is 320 g/mol.